The highest BCUT2D eigenvalue weighted by atomic mass is 35.5. The van der Waals surface area contributed by atoms with E-state index in [1.165, 1.54) is 0 Å². The highest BCUT2D eigenvalue weighted by Gasteiger charge is 2.12. The number of ether oxygens (including phenoxy) is 2. The van der Waals surface area contributed by atoms with Crippen molar-refractivity contribution >= 4 is 34.8 Å². The van der Waals surface area contributed by atoms with Gasteiger partial charge in [0.1, 0.15) is 12.4 Å². The van der Waals surface area contributed by atoms with Crippen molar-refractivity contribution in [1.29, 1.82) is 0 Å². The van der Waals surface area contributed by atoms with Gasteiger partial charge in [-0.1, -0.05) is 35.3 Å². The summed E-state index contributed by atoms with van der Waals surface area (Å²) in [6, 6.07) is 13.0. The molecule has 1 N–H and O–H groups in total. The van der Waals surface area contributed by atoms with E-state index >= 15 is 0 Å². The SMILES string of the molecule is COCc1nc(Nc2cc(Cl)cc(Cl)c2)n(Cc2ccc(OC)cc2)n1. The van der Waals surface area contributed by atoms with Crippen LogP contribution in [0.5, 0.6) is 5.75 Å². The lowest BCUT2D eigenvalue weighted by atomic mass is 10.2. The zero-order chi connectivity index (χ0) is 18.5. The summed E-state index contributed by atoms with van der Waals surface area (Å²) in [4.78, 5) is 4.49. The number of nitrogens with zero attached hydrogens (tertiary/aromatic N) is 3. The van der Waals surface area contributed by atoms with Crippen LogP contribution in [0, 0.1) is 0 Å². The van der Waals surface area contributed by atoms with E-state index in [4.69, 9.17) is 32.7 Å². The first kappa shape index (κ1) is 18.5. The van der Waals surface area contributed by atoms with Gasteiger partial charge >= 0.3 is 0 Å². The molecule has 0 fully saturated rings. The minimum absolute atomic E-state index is 0.320. The molecular formula is C18H18Cl2N4O2. The first-order valence-electron chi connectivity index (χ1n) is 7.86. The largest absolute Gasteiger partial charge is 0.497 e. The predicted octanol–water partition coefficient (Wildman–Crippen LogP) is 4.53. The van der Waals surface area contributed by atoms with Crippen molar-refractivity contribution in [1.82, 2.24) is 14.8 Å². The quantitative estimate of drug-likeness (QED) is 0.639. The minimum Gasteiger partial charge on any atom is -0.497 e. The number of anilines is 2. The highest BCUT2D eigenvalue weighted by molar-refractivity contribution is 6.35. The molecule has 0 aliphatic heterocycles. The van der Waals surface area contributed by atoms with Gasteiger partial charge in [0.05, 0.1) is 13.7 Å². The average Bonchev–Trinajstić information content (AvgIpc) is 2.96. The minimum atomic E-state index is 0.320. The first-order chi connectivity index (χ1) is 12.6. The van der Waals surface area contributed by atoms with Crippen LogP contribution in [0.25, 0.3) is 0 Å². The molecule has 2 aromatic carbocycles. The summed E-state index contributed by atoms with van der Waals surface area (Å²) in [5, 5.41) is 8.80. The molecule has 0 spiro atoms. The van der Waals surface area contributed by atoms with Crippen LogP contribution in [0.15, 0.2) is 42.5 Å². The van der Waals surface area contributed by atoms with Gasteiger partial charge in [-0.05, 0) is 35.9 Å². The Labute approximate surface area is 161 Å². The van der Waals surface area contributed by atoms with Gasteiger partial charge in [-0.2, -0.15) is 10.1 Å². The van der Waals surface area contributed by atoms with Gasteiger partial charge in [-0.15, -0.1) is 0 Å². The smallest absolute Gasteiger partial charge is 0.226 e. The number of aromatic nitrogens is 3. The third-order valence-electron chi connectivity index (χ3n) is 3.60. The van der Waals surface area contributed by atoms with Gasteiger partial charge in [0.25, 0.3) is 0 Å². The van der Waals surface area contributed by atoms with Crippen molar-refractivity contribution in [2.45, 2.75) is 13.2 Å². The molecule has 0 atom stereocenters. The van der Waals surface area contributed by atoms with Crippen molar-refractivity contribution in [2.24, 2.45) is 0 Å². The number of halogens is 2. The van der Waals surface area contributed by atoms with Crippen LogP contribution in [-0.4, -0.2) is 29.0 Å². The zero-order valence-electron chi connectivity index (χ0n) is 14.4. The van der Waals surface area contributed by atoms with Crippen molar-refractivity contribution in [3.05, 3.63) is 63.9 Å². The number of benzene rings is 2. The number of methoxy groups -OCH3 is 2. The number of rotatable bonds is 7. The molecule has 1 heterocycles. The van der Waals surface area contributed by atoms with Gasteiger partial charge in [0.2, 0.25) is 5.95 Å². The van der Waals surface area contributed by atoms with Crippen LogP contribution in [0.4, 0.5) is 11.6 Å². The highest BCUT2D eigenvalue weighted by Crippen LogP contribution is 2.25. The molecule has 0 unspecified atom stereocenters. The van der Waals surface area contributed by atoms with Crippen LogP contribution >= 0.6 is 23.2 Å². The lowest BCUT2D eigenvalue weighted by Gasteiger charge is -2.09. The van der Waals surface area contributed by atoms with Crippen molar-refractivity contribution in [2.75, 3.05) is 19.5 Å². The van der Waals surface area contributed by atoms with Crippen LogP contribution in [0.3, 0.4) is 0 Å². The summed E-state index contributed by atoms with van der Waals surface area (Å²) in [5.41, 5.74) is 1.79. The van der Waals surface area contributed by atoms with Crippen LogP contribution in [0.2, 0.25) is 10.0 Å². The fourth-order valence-electron chi connectivity index (χ4n) is 2.44. The van der Waals surface area contributed by atoms with Gasteiger partial charge in [0.15, 0.2) is 5.82 Å². The zero-order valence-corrected chi connectivity index (χ0v) is 15.9. The molecule has 6 nitrogen and oxygen atoms in total. The Morgan fingerprint density at radius 1 is 1.04 bits per heavy atom. The predicted molar refractivity (Wildman–Crippen MR) is 103 cm³/mol. The molecule has 8 heteroatoms. The maximum Gasteiger partial charge on any atom is 0.226 e. The molecule has 3 aromatic rings. The monoisotopic (exact) mass is 392 g/mol. The molecule has 0 aliphatic rings. The second-order valence-electron chi connectivity index (χ2n) is 5.57. The molecule has 0 bridgehead atoms. The number of hydrogen-bond acceptors (Lipinski definition) is 5. The molecule has 3 rings (SSSR count). The Balaban J connectivity index is 1.87. The molecule has 136 valence electrons. The standard InChI is InChI=1S/C18H18Cl2N4O2/c1-25-11-17-22-18(21-15-8-13(19)7-14(20)9-15)24(23-17)10-12-3-5-16(26-2)6-4-12/h3-9H,10-11H2,1-2H3,(H,21,22,23). The van der Waals surface area contributed by atoms with E-state index in [-0.39, 0.29) is 0 Å². The molecule has 0 aliphatic carbocycles. The lowest BCUT2D eigenvalue weighted by Crippen LogP contribution is -2.07. The normalized spacial score (nSPS) is 10.8. The lowest BCUT2D eigenvalue weighted by molar-refractivity contribution is 0.177. The van der Waals surface area contributed by atoms with Crippen LogP contribution in [-0.2, 0) is 17.9 Å². The maximum atomic E-state index is 6.07. The summed E-state index contributed by atoms with van der Waals surface area (Å²) in [7, 11) is 3.25. The summed E-state index contributed by atoms with van der Waals surface area (Å²) in [5.74, 6) is 1.96. The van der Waals surface area contributed by atoms with Gasteiger partial charge < -0.3 is 14.8 Å². The number of nitrogens with one attached hydrogen (secondary N) is 1. The Kier molecular flexibility index (Phi) is 5.98. The Morgan fingerprint density at radius 3 is 2.35 bits per heavy atom. The fraction of sp³-hybridized carbons (Fsp3) is 0.222. The average molecular weight is 393 g/mol. The van der Waals surface area contributed by atoms with Gasteiger partial charge in [-0.25, -0.2) is 4.68 Å². The molecule has 0 saturated carbocycles. The van der Waals surface area contributed by atoms with E-state index in [1.54, 1.807) is 37.1 Å². The Bertz CT molecular complexity index is 861. The maximum absolute atomic E-state index is 6.07. The van der Waals surface area contributed by atoms with E-state index in [0.29, 0.717) is 35.0 Å². The fourth-order valence-corrected chi connectivity index (χ4v) is 2.97. The Morgan fingerprint density at radius 2 is 1.73 bits per heavy atom. The third-order valence-corrected chi connectivity index (χ3v) is 4.04. The second-order valence-corrected chi connectivity index (χ2v) is 6.45. The second kappa shape index (κ2) is 8.40. The first-order valence-corrected chi connectivity index (χ1v) is 8.61. The van der Waals surface area contributed by atoms with E-state index in [0.717, 1.165) is 17.0 Å². The Hall–Kier alpha value is -2.28. The van der Waals surface area contributed by atoms with E-state index in [1.807, 2.05) is 24.3 Å². The molecular weight excluding hydrogens is 375 g/mol. The molecule has 0 saturated heterocycles. The summed E-state index contributed by atoms with van der Waals surface area (Å²) >= 11 is 12.1. The molecule has 1 aromatic heterocycles. The van der Waals surface area contributed by atoms with Gasteiger partial charge in [-0.3, -0.25) is 0 Å². The van der Waals surface area contributed by atoms with E-state index < -0.39 is 0 Å². The van der Waals surface area contributed by atoms with Gasteiger partial charge in [0, 0.05) is 22.8 Å². The third kappa shape index (κ3) is 4.66. The molecule has 0 amide bonds. The van der Waals surface area contributed by atoms with Crippen molar-refractivity contribution < 1.29 is 9.47 Å². The summed E-state index contributed by atoms with van der Waals surface area (Å²) in [6.07, 6.45) is 0. The molecule has 0 radical (unpaired) electrons. The van der Waals surface area contributed by atoms with Crippen molar-refractivity contribution in [3.63, 3.8) is 0 Å². The number of hydrogen-bond donors (Lipinski definition) is 1. The van der Waals surface area contributed by atoms with Crippen LogP contribution in [0.1, 0.15) is 11.4 Å². The molecule has 26 heavy (non-hydrogen) atoms. The van der Waals surface area contributed by atoms with Crippen molar-refractivity contribution in [3.8, 4) is 5.75 Å². The van der Waals surface area contributed by atoms with E-state index in [2.05, 4.69) is 15.4 Å². The summed E-state index contributed by atoms with van der Waals surface area (Å²) in [6.45, 7) is 0.859. The van der Waals surface area contributed by atoms with E-state index in [9.17, 15) is 0 Å². The summed E-state index contributed by atoms with van der Waals surface area (Å²) < 4.78 is 12.1. The van der Waals surface area contributed by atoms with Crippen LogP contribution < -0.4 is 10.1 Å². The topological polar surface area (TPSA) is 61.2 Å².